The topological polar surface area (TPSA) is 54.1 Å². The van der Waals surface area contributed by atoms with Gasteiger partial charge in [0.15, 0.2) is 0 Å². The van der Waals surface area contributed by atoms with E-state index >= 15 is 0 Å². The van der Waals surface area contributed by atoms with Crippen molar-refractivity contribution in [2.45, 2.75) is 12.5 Å². The zero-order valence-corrected chi connectivity index (χ0v) is 11.3. The molecule has 1 aromatic carbocycles. The van der Waals surface area contributed by atoms with Gasteiger partial charge < -0.3 is 15.0 Å². The fourth-order valence-corrected chi connectivity index (χ4v) is 2.55. The van der Waals surface area contributed by atoms with Crippen molar-refractivity contribution in [2.24, 2.45) is 0 Å². The van der Waals surface area contributed by atoms with Gasteiger partial charge in [0.25, 0.3) is 5.91 Å². The quantitative estimate of drug-likeness (QED) is 0.895. The van der Waals surface area contributed by atoms with Crippen LogP contribution in [0, 0.1) is 0 Å². The van der Waals surface area contributed by atoms with Gasteiger partial charge in [-0.25, -0.2) is 0 Å². The van der Waals surface area contributed by atoms with Crippen LogP contribution < -0.4 is 5.32 Å². The van der Waals surface area contributed by atoms with E-state index in [9.17, 15) is 4.79 Å². The van der Waals surface area contributed by atoms with Gasteiger partial charge in [0, 0.05) is 28.2 Å². The number of nitrogens with one attached hydrogen (secondary N) is 2. The molecule has 3 rings (SSSR count). The van der Waals surface area contributed by atoms with Crippen LogP contribution in [0.2, 0.25) is 0 Å². The minimum Gasteiger partial charge on any atom is -0.379 e. The maximum absolute atomic E-state index is 12.2. The van der Waals surface area contributed by atoms with Crippen LogP contribution in [0.15, 0.2) is 28.9 Å². The van der Waals surface area contributed by atoms with Gasteiger partial charge in [0.2, 0.25) is 0 Å². The molecule has 2 heterocycles. The predicted molar refractivity (Wildman–Crippen MR) is 72.7 cm³/mol. The molecular formula is C13H13BrN2O2. The fraction of sp³-hybridized carbons (Fsp3) is 0.308. The Morgan fingerprint density at radius 2 is 2.39 bits per heavy atom. The summed E-state index contributed by atoms with van der Waals surface area (Å²) in [6.07, 6.45) is 2.64. The lowest BCUT2D eigenvalue weighted by Gasteiger charge is -2.09. The number of fused-ring (bicyclic) bond motifs is 1. The third kappa shape index (κ3) is 2.15. The lowest BCUT2D eigenvalue weighted by molar-refractivity contribution is 0.0931. The maximum Gasteiger partial charge on any atom is 0.253 e. The Morgan fingerprint density at radius 3 is 3.17 bits per heavy atom. The SMILES string of the molecule is O=C(NC1CCOC1)c1c[nH]c2ccc(Br)cc12. The number of aromatic amines is 1. The number of amides is 1. The van der Waals surface area contributed by atoms with E-state index in [4.69, 9.17) is 4.74 Å². The van der Waals surface area contributed by atoms with Crippen LogP contribution in [0.25, 0.3) is 10.9 Å². The number of carbonyl (C=O) groups is 1. The molecule has 2 aromatic rings. The lowest BCUT2D eigenvalue weighted by atomic mass is 10.1. The van der Waals surface area contributed by atoms with Gasteiger partial charge in [-0.1, -0.05) is 15.9 Å². The summed E-state index contributed by atoms with van der Waals surface area (Å²) in [5.41, 5.74) is 1.64. The molecule has 2 N–H and O–H groups in total. The van der Waals surface area contributed by atoms with Crippen molar-refractivity contribution in [2.75, 3.05) is 13.2 Å². The van der Waals surface area contributed by atoms with Crippen LogP contribution in [0.4, 0.5) is 0 Å². The minimum absolute atomic E-state index is 0.0464. The molecule has 0 spiro atoms. The van der Waals surface area contributed by atoms with Crippen molar-refractivity contribution in [3.05, 3.63) is 34.4 Å². The summed E-state index contributed by atoms with van der Waals surface area (Å²) < 4.78 is 6.22. The standard InChI is InChI=1S/C13H13BrN2O2/c14-8-1-2-12-10(5-8)11(6-15-12)13(17)16-9-3-4-18-7-9/h1-2,5-6,9,15H,3-4,7H2,(H,16,17). The number of benzene rings is 1. The van der Waals surface area contributed by atoms with Crippen LogP contribution in [-0.4, -0.2) is 30.1 Å². The van der Waals surface area contributed by atoms with Crippen LogP contribution >= 0.6 is 15.9 Å². The highest BCUT2D eigenvalue weighted by Crippen LogP contribution is 2.22. The van der Waals surface area contributed by atoms with Crippen LogP contribution in [-0.2, 0) is 4.74 Å². The largest absolute Gasteiger partial charge is 0.379 e. The Balaban J connectivity index is 1.88. The molecule has 1 saturated heterocycles. The van der Waals surface area contributed by atoms with Crippen molar-refractivity contribution in [1.29, 1.82) is 0 Å². The molecular weight excluding hydrogens is 296 g/mol. The molecule has 94 valence electrons. The van der Waals surface area contributed by atoms with E-state index in [1.54, 1.807) is 6.20 Å². The van der Waals surface area contributed by atoms with Crippen LogP contribution in [0.5, 0.6) is 0 Å². The number of hydrogen-bond donors (Lipinski definition) is 2. The summed E-state index contributed by atoms with van der Waals surface area (Å²) >= 11 is 3.42. The summed E-state index contributed by atoms with van der Waals surface area (Å²) in [6.45, 7) is 1.34. The highest BCUT2D eigenvalue weighted by molar-refractivity contribution is 9.10. The number of carbonyl (C=O) groups excluding carboxylic acids is 1. The summed E-state index contributed by atoms with van der Waals surface area (Å²) in [7, 11) is 0. The molecule has 1 atom stereocenters. The Labute approximate surface area is 113 Å². The predicted octanol–water partition coefficient (Wildman–Crippen LogP) is 2.45. The average Bonchev–Trinajstić information content (AvgIpc) is 2.97. The van der Waals surface area contributed by atoms with Gasteiger partial charge in [-0.15, -0.1) is 0 Å². The molecule has 4 nitrogen and oxygen atoms in total. The lowest BCUT2D eigenvalue weighted by Crippen LogP contribution is -2.34. The van der Waals surface area contributed by atoms with E-state index in [-0.39, 0.29) is 11.9 Å². The normalized spacial score (nSPS) is 19.3. The molecule has 0 bridgehead atoms. The van der Waals surface area contributed by atoms with Gasteiger partial charge in [-0.05, 0) is 24.6 Å². The molecule has 18 heavy (non-hydrogen) atoms. The fourth-order valence-electron chi connectivity index (χ4n) is 2.19. The molecule has 0 saturated carbocycles. The summed E-state index contributed by atoms with van der Waals surface area (Å²) in [4.78, 5) is 15.3. The van der Waals surface area contributed by atoms with Crippen LogP contribution in [0.3, 0.4) is 0 Å². The second-order valence-electron chi connectivity index (χ2n) is 4.43. The molecule has 1 aliphatic heterocycles. The number of hydrogen-bond acceptors (Lipinski definition) is 2. The van der Waals surface area contributed by atoms with E-state index in [2.05, 4.69) is 26.2 Å². The second-order valence-corrected chi connectivity index (χ2v) is 5.34. The molecule has 1 unspecified atom stereocenters. The monoisotopic (exact) mass is 308 g/mol. The Kier molecular flexibility index (Phi) is 3.09. The zero-order valence-electron chi connectivity index (χ0n) is 9.70. The maximum atomic E-state index is 12.2. The Hall–Kier alpha value is -1.33. The van der Waals surface area contributed by atoms with Gasteiger partial charge in [0.1, 0.15) is 0 Å². The molecule has 1 fully saturated rings. The summed E-state index contributed by atoms with van der Waals surface area (Å²) in [5.74, 6) is -0.0464. The highest BCUT2D eigenvalue weighted by atomic mass is 79.9. The number of ether oxygens (including phenoxy) is 1. The van der Waals surface area contributed by atoms with E-state index < -0.39 is 0 Å². The first-order valence-corrected chi connectivity index (χ1v) is 6.68. The third-order valence-corrected chi connectivity index (χ3v) is 3.65. The zero-order chi connectivity index (χ0) is 12.5. The highest BCUT2D eigenvalue weighted by Gasteiger charge is 2.20. The third-order valence-electron chi connectivity index (χ3n) is 3.15. The van der Waals surface area contributed by atoms with E-state index in [1.165, 1.54) is 0 Å². The molecule has 1 aliphatic rings. The van der Waals surface area contributed by atoms with E-state index in [0.29, 0.717) is 12.2 Å². The van der Waals surface area contributed by atoms with E-state index in [0.717, 1.165) is 28.4 Å². The van der Waals surface area contributed by atoms with Gasteiger partial charge >= 0.3 is 0 Å². The van der Waals surface area contributed by atoms with E-state index in [1.807, 2.05) is 18.2 Å². The molecule has 5 heteroatoms. The van der Waals surface area contributed by atoms with Crippen molar-refractivity contribution in [3.63, 3.8) is 0 Å². The summed E-state index contributed by atoms with van der Waals surface area (Å²) in [5, 5.41) is 3.92. The number of halogens is 1. The first-order valence-electron chi connectivity index (χ1n) is 5.89. The second kappa shape index (κ2) is 4.74. The molecule has 1 amide bonds. The van der Waals surface area contributed by atoms with Gasteiger partial charge in [-0.3, -0.25) is 4.79 Å². The molecule has 0 aliphatic carbocycles. The number of rotatable bonds is 2. The Morgan fingerprint density at radius 1 is 1.50 bits per heavy atom. The van der Waals surface area contributed by atoms with Gasteiger partial charge in [-0.2, -0.15) is 0 Å². The van der Waals surface area contributed by atoms with Crippen molar-refractivity contribution < 1.29 is 9.53 Å². The molecule has 0 radical (unpaired) electrons. The van der Waals surface area contributed by atoms with Crippen LogP contribution in [0.1, 0.15) is 16.8 Å². The average molecular weight is 309 g/mol. The smallest absolute Gasteiger partial charge is 0.253 e. The number of aromatic nitrogens is 1. The molecule has 1 aromatic heterocycles. The minimum atomic E-state index is -0.0464. The summed E-state index contributed by atoms with van der Waals surface area (Å²) in [6, 6.07) is 5.99. The van der Waals surface area contributed by atoms with Crippen molar-refractivity contribution >= 4 is 32.7 Å². The van der Waals surface area contributed by atoms with Gasteiger partial charge in [0.05, 0.1) is 18.2 Å². The Bertz CT molecular complexity index is 588. The van der Waals surface area contributed by atoms with Crippen molar-refractivity contribution in [3.8, 4) is 0 Å². The first-order chi connectivity index (χ1) is 8.74. The van der Waals surface area contributed by atoms with Crippen molar-refractivity contribution in [1.82, 2.24) is 10.3 Å². The first kappa shape index (κ1) is 11.7. The number of H-pyrrole nitrogens is 1.